The molecule has 0 radical (unpaired) electrons. The fraction of sp³-hybridized carbons (Fsp3) is 0.636. The van der Waals surface area contributed by atoms with Gasteiger partial charge in [0.15, 0.2) is 6.23 Å². The number of hydrogen-bond acceptors (Lipinski definition) is 12. The number of aliphatic hydroxyl groups is 3. The molecule has 0 aliphatic carbocycles. The van der Waals surface area contributed by atoms with Crippen molar-refractivity contribution in [2.75, 3.05) is 25.5 Å². The Morgan fingerprint density at radius 3 is 2.31 bits per heavy atom. The Balaban J connectivity index is 0.000000311. The predicted molar refractivity (Wildman–Crippen MR) is 93.9 cm³/mol. The quantitative estimate of drug-likeness (QED) is 0.183. The summed E-state index contributed by atoms with van der Waals surface area (Å²) in [5.41, 5.74) is 9.52. The van der Waals surface area contributed by atoms with Crippen molar-refractivity contribution in [2.24, 2.45) is 5.73 Å². The molecular formula is C11H22N4O12P2. The lowest BCUT2D eigenvalue weighted by Gasteiger charge is -2.16. The second kappa shape index (κ2) is 10.7. The summed E-state index contributed by atoms with van der Waals surface area (Å²) in [4.78, 5) is 39.7. The molecule has 29 heavy (non-hydrogen) atoms. The minimum Gasteiger partial charge on any atom is -0.394 e. The topological polar surface area (TPSA) is 270 Å². The molecule has 0 spiro atoms. The van der Waals surface area contributed by atoms with Crippen LogP contribution in [0.3, 0.4) is 0 Å². The van der Waals surface area contributed by atoms with Crippen LogP contribution in [0.4, 0.5) is 5.82 Å². The highest BCUT2D eigenvalue weighted by atomic mass is 31.3. The minimum atomic E-state index is -5.01. The van der Waals surface area contributed by atoms with Crippen LogP contribution in [0.2, 0.25) is 0 Å². The van der Waals surface area contributed by atoms with Crippen LogP contribution >= 0.6 is 15.6 Å². The van der Waals surface area contributed by atoms with E-state index < -0.39 is 52.5 Å². The SMILES string of the molecule is NCCOP(=O)(O)OP(=O)(O)O.Nc1ccn([C@@H]2O[C@H](CO)[C@@H](O)[C@H]2O)c(=O)n1. The Hall–Kier alpha value is -1.26. The summed E-state index contributed by atoms with van der Waals surface area (Å²) in [6.45, 7) is -0.839. The molecule has 168 valence electrons. The van der Waals surface area contributed by atoms with Gasteiger partial charge < -0.3 is 46.2 Å². The first-order chi connectivity index (χ1) is 13.3. The molecule has 2 rings (SSSR count). The van der Waals surface area contributed by atoms with Crippen LogP contribution in [0.5, 0.6) is 0 Å². The van der Waals surface area contributed by atoms with Gasteiger partial charge in [0, 0.05) is 12.7 Å². The Bertz CT molecular complexity index is 815. The maximum atomic E-state index is 11.5. The number of phosphoric ester groups is 1. The number of phosphoric acid groups is 2. The molecule has 10 N–H and O–H groups in total. The van der Waals surface area contributed by atoms with Crippen LogP contribution < -0.4 is 17.2 Å². The summed E-state index contributed by atoms with van der Waals surface area (Å²) in [6.07, 6.45) is -3.27. The van der Waals surface area contributed by atoms with E-state index in [0.29, 0.717) is 0 Å². The maximum Gasteiger partial charge on any atom is 0.481 e. The molecule has 2 heterocycles. The Morgan fingerprint density at radius 2 is 1.86 bits per heavy atom. The first-order valence-corrected chi connectivity index (χ1v) is 10.7. The summed E-state index contributed by atoms with van der Waals surface area (Å²) in [5, 5.41) is 28.2. The lowest BCUT2D eigenvalue weighted by Crippen LogP contribution is -2.36. The van der Waals surface area contributed by atoms with Crippen molar-refractivity contribution >= 4 is 21.5 Å². The number of aromatic nitrogens is 2. The summed E-state index contributed by atoms with van der Waals surface area (Å²) in [6, 6.07) is 1.37. The first-order valence-electron chi connectivity index (χ1n) is 7.72. The number of nitrogen functional groups attached to an aromatic ring is 1. The highest BCUT2D eigenvalue weighted by Gasteiger charge is 2.43. The third-order valence-electron chi connectivity index (χ3n) is 3.22. The van der Waals surface area contributed by atoms with Crippen molar-refractivity contribution in [1.29, 1.82) is 0 Å². The third-order valence-corrected chi connectivity index (χ3v) is 5.41. The molecule has 0 amide bonds. The second-order valence-corrected chi connectivity index (χ2v) is 8.26. The number of aliphatic hydroxyl groups excluding tert-OH is 3. The monoisotopic (exact) mass is 464 g/mol. The van der Waals surface area contributed by atoms with Gasteiger partial charge in [-0.05, 0) is 6.07 Å². The highest BCUT2D eigenvalue weighted by molar-refractivity contribution is 7.60. The molecule has 1 unspecified atom stereocenters. The van der Waals surface area contributed by atoms with Crippen molar-refractivity contribution in [3.05, 3.63) is 22.7 Å². The van der Waals surface area contributed by atoms with Crippen molar-refractivity contribution in [3.63, 3.8) is 0 Å². The first kappa shape index (κ1) is 25.8. The molecule has 1 fully saturated rings. The average Bonchev–Trinajstić information content (AvgIpc) is 2.87. The molecule has 0 bridgehead atoms. The van der Waals surface area contributed by atoms with Gasteiger partial charge >= 0.3 is 21.3 Å². The Labute approximate surface area is 163 Å². The summed E-state index contributed by atoms with van der Waals surface area (Å²) in [5.74, 6) is 0.0537. The summed E-state index contributed by atoms with van der Waals surface area (Å²) < 4.78 is 34.2. The molecule has 0 saturated carbocycles. The van der Waals surface area contributed by atoms with Crippen LogP contribution in [-0.4, -0.2) is 77.6 Å². The number of anilines is 1. The second-order valence-electron chi connectivity index (χ2n) is 5.43. The average molecular weight is 464 g/mol. The number of rotatable bonds is 7. The van der Waals surface area contributed by atoms with E-state index in [1.54, 1.807) is 0 Å². The summed E-state index contributed by atoms with van der Waals surface area (Å²) >= 11 is 0. The van der Waals surface area contributed by atoms with E-state index in [1.807, 2.05) is 0 Å². The Kier molecular flexibility index (Phi) is 9.49. The molecule has 1 aliphatic heterocycles. The highest BCUT2D eigenvalue weighted by Crippen LogP contribution is 2.57. The van der Waals surface area contributed by atoms with Gasteiger partial charge in [0.05, 0.1) is 13.2 Å². The van der Waals surface area contributed by atoms with Crippen LogP contribution in [-0.2, 0) is 22.7 Å². The van der Waals surface area contributed by atoms with E-state index in [0.717, 1.165) is 4.57 Å². The third kappa shape index (κ3) is 8.18. The minimum absolute atomic E-state index is 0.0537. The van der Waals surface area contributed by atoms with Crippen molar-refractivity contribution < 1.29 is 52.7 Å². The molecule has 1 saturated heterocycles. The van der Waals surface area contributed by atoms with Gasteiger partial charge in [0.2, 0.25) is 0 Å². The Morgan fingerprint density at radius 1 is 1.24 bits per heavy atom. The van der Waals surface area contributed by atoms with Gasteiger partial charge in [-0.15, -0.1) is 0 Å². The predicted octanol–water partition coefficient (Wildman–Crippen LogP) is -3.39. The van der Waals surface area contributed by atoms with Crippen molar-refractivity contribution in [3.8, 4) is 0 Å². The summed E-state index contributed by atoms with van der Waals surface area (Å²) in [7, 11) is -9.68. The number of hydrogen-bond donors (Lipinski definition) is 8. The molecule has 1 aromatic rings. The largest absolute Gasteiger partial charge is 0.481 e. The number of nitrogens with two attached hydrogens (primary N) is 2. The number of ether oxygens (including phenoxy) is 1. The zero-order valence-corrected chi connectivity index (χ0v) is 16.5. The lowest BCUT2D eigenvalue weighted by atomic mass is 10.1. The molecule has 16 nitrogen and oxygen atoms in total. The fourth-order valence-corrected chi connectivity index (χ4v) is 3.66. The van der Waals surface area contributed by atoms with Gasteiger partial charge in [-0.2, -0.15) is 9.29 Å². The lowest BCUT2D eigenvalue weighted by molar-refractivity contribution is -0.0549. The molecule has 1 aromatic heterocycles. The van der Waals surface area contributed by atoms with Crippen molar-refractivity contribution in [1.82, 2.24) is 9.55 Å². The normalized spacial score (nSPS) is 26.4. The van der Waals surface area contributed by atoms with E-state index in [-0.39, 0.29) is 19.0 Å². The fourth-order valence-electron chi connectivity index (χ4n) is 2.06. The molecule has 1 aliphatic rings. The van der Waals surface area contributed by atoms with Gasteiger partial charge in [-0.1, -0.05) is 0 Å². The van der Waals surface area contributed by atoms with E-state index >= 15 is 0 Å². The maximum absolute atomic E-state index is 11.5. The van der Waals surface area contributed by atoms with E-state index in [4.69, 9.17) is 36.0 Å². The van der Waals surface area contributed by atoms with Crippen LogP contribution in [0, 0.1) is 0 Å². The van der Waals surface area contributed by atoms with Gasteiger partial charge in [-0.3, -0.25) is 9.09 Å². The van der Waals surface area contributed by atoms with Gasteiger partial charge in [0.25, 0.3) is 0 Å². The zero-order valence-electron chi connectivity index (χ0n) is 14.7. The van der Waals surface area contributed by atoms with Crippen LogP contribution in [0.25, 0.3) is 0 Å². The molecule has 5 atom stereocenters. The zero-order chi connectivity index (χ0) is 22.4. The molecular weight excluding hydrogens is 442 g/mol. The number of nitrogens with zero attached hydrogens (tertiary/aromatic N) is 2. The standard InChI is InChI=1S/C9H13N3O5.C2H9NO7P2/c10-5-1-2-12(9(16)11-5)8-7(15)6(14)4(3-13)17-8;3-1-2-9-12(7,8)10-11(4,5)6/h1-2,4,6-8,13-15H,3H2,(H2,10,11,16);1-3H2,(H,7,8)(H2,4,5,6)/t4-,6-,7-,8-;/m1./s1. The van der Waals surface area contributed by atoms with E-state index in [2.05, 4.69) is 13.8 Å². The van der Waals surface area contributed by atoms with Gasteiger partial charge in [0.1, 0.15) is 24.1 Å². The molecule has 18 heteroatoms. The smallest absolute Gasteiger partial charge is 0.394 e. The van der Waals surface area contributed by atoms with Crippen LogP contribution in [0.15, 0.2) is 17.1 Å². The van der Waals surface area contributed by atoms with Gasteiger partial charge in [-0.25, -0.2) is 13.9 Å². The van der Waals surface area contributed by atoms with E-state index in [9.17, 15) is 24.1 Å². The van der Waals surface area contributed by atoms with E-state index in [1.165, 1.54) is 12.3 Å². The van der Waals surface area contributed by atoms with Crippen molar-refractivity contribution in [2.45, 2.75) is 24.5 Å². The molecule has 0 aromatic carbocycles. The van der Waals surface area contributed by atoms with Crippen LogP contribution in [0.1, 0.15) is 6.23 Å².